The van der Waals surface area contributed by atoms with Crippen molar-refractivity contribution >= 4 is 0 Å². The molecule has 1 fully saturated rings. The smallest absolute Gasteiger partial charge is 0.161 e. The fourth-order valence-electron chi connectivity index (χ4n) is 1.42. The van der Waals surface area contributed by atoms with Crippen LogP contribution in [0.3, 0.4) is 0 Å². The number of benzene rings is 1. The maximum atomic E-state index is 13.2. The molecule has 1 atom stereocenters. The zero-order chi connectivity index (χ0) is 10.1. The van der Waals surface area contributed by atoms with E-state index in [0.717, 1.165) is 6.07 Å². The van der Waals surface area contributed by atoms with Crippen LogP contribution < -0.4 is 5.48 Å². The third kappa shape index (κ3) is 1.60. The molecule has 5 heteroatoms. The quantitative estimate of drug-likeness (QED) is 0.705. The minimum atomic E-state index is -1.18. The maximum absolute atomic E-state index is 13.2. The molecule has 1 aliphatic rings. The molecule has 1 aromatic rings. The van der Waals surface area contributed by atoms with E-state index in [9.17, 15) is 13.2 Å². The van der Waals surface area contributed by atoms with E-state index < -0.39 is 23.5 Å². The van der Waals surface area contributed by atoms with Crippen molar-refractivity contribution in [2.75, 3.05) is 6.61 Å². The summed E-state index contributed by atoms with van der Waals surface area (Å²) in [6.07, 6.45) is 0.544. The van der Waals surface area contributed by atoms with Crippen LogP contribution in [0.5, 0.6) is 0 Å². The highest BCUT2D eigenvalue weighted by atomic mass is 19.2. The van der Waals surface area contributed by atoms with Gasteiger partial charge in [-0.1, -0.05) is 0 Å². The summed E-state index contributed by atoms with van der Waals surface area (Å²) in [6, 6.07) is 1.01. The van der Waals surface area contributed by atoms with Gasteiger partial charge in [0.25, 0.3) is 0 Å². The second-order valence-corrected chi connectivity index (χ2v) is 3.10. The van der Waals surface area contributed by atoms with Gasteiger partial charge in [0.05, 0.1) is 12.6 Å². The minimum Gasteiger partial charge on any atom is -0.301 e. The topological polar surface area (TPSA) is 21.3 Å². The summed E-state index contributed by atoms with van der Waals surface area (Å²) in [7, 11) is 0. The molecule has 0 aliphatic carbocycles. The molecule has 0 aromatic heterocycles. The standard InChI is InChI=1S/C9H8F3NO/c10-6-4-8(12)7(11)3-5(6)9-1-2-14-13-9/h3-4,9,13H,1-2H2. The fraction of sp³-hybridized carbons (Fsp3) is 0.333. The average Bonchev–Trinajstić information content (AvgIpc) is 2.64. The predicted octanol–water partition coefficient (Wildman–Crippen LogP) is 2.07. The average molecular weight is 203 g/mol. The number of hydrogen-bond donors (Lipinski definition) is 1. The van der Waals surface area contributed by atoms with Crippen LogP contribution >= 0.6 is 0 Å². The van der Waals surface area contributed by atoms with Gasteiger partial charge in [0.2, 0.25) is 0 Å². The van der Waals surface area contributed by atoms with Crippen molar-refractivity contribution in [3.8, 4) is 0 Å². The summed E-state index contributed by atoms with van der Waals surface area (Å²) in [5, 5.41) is 0. The Hall–Kier alpha value is -1.07. The van der Waals surface area contributed by atoms with Gasteiger partial charge in [0, 0.05) is 11.6 Å². The molecule has 76 valence electrons. The molecule has 0 spiro atoms. The van der Waals surface area contributed by atoms with Crippen molar-refractivity contribution in [2.24, 2.45) is 0 Å². The Kier molecular flexibility index (Phi) is 2.43. The molecule has 2 rings (SSSR count). The van der Waals surface area contributed by atoms with Crippen molar-refractivity contribution < 1.29 is 18.0 Å². The lowest BCUT2D eigenvalue weighted by Gasteiger charge is -2.10. The van der Waals surface area contributed by atoms with Crippen molar-refractivity contribution in [1.82, 2.24) is 5.48 Å². The third-order valence-electron chi connectivity index (χ3n) is 2.15. The highest BCUT2D eigenvalue weighted by molar-refractivity contribution is 5.23. The summed E-state index contributed by atoms with van der Waals surface area (Å²) in [5.74, 6) is -2.98. The highest BCUT2D eigenvalue weighted by Gasteiger charge is 2.22. The fourth-order valence-corrected chi connectivity index (χ4v) is 1.42. The first-order valence-electron chi connectivity index (χ1n) is 4.20. The number of hydrogen-bond acceptors (Lipinski definition) is 2. The van der Waals surface area contributed by atoms with Gasteiger partial charge in [-0.15, -0.1) is 0 Å². The van der Waals surface area contributed by atoms with E-state index in [1.54, 1.807) is 0 Å². The SMILES string of the molecule is Fc1cc(F)c(C2CCON2)cc1F. The van der Waals surface area contributed by atoms with Crippen LogP contribution in [0, 0.1) is 17.5 Å². The lowest BCUT2D eigenvalue weighted by Crippen LogP contribution is -2.13. The molecule has 0 saturated carbocycles. The molecule has 0 bridgehead atoms. The van der Waals surface area contributed by atoms with Gasteiger partial charge >= 0.3 is 0 Å². The van der Waals surface area contributed by atoms with Crippen LogP contribution in [-0.2, 0) is 4.84 Å². The van der Waals surface area contributed by atoms with Crippen LogP contribution in [0.1, 0.15) is 18.0 Å². The van der Waals surface area contributed by atoms with Crippen LogP contribution in [0.4, 0.5) is 13.2 Å². The van der Waals surface area contributed by atoms with Gasteiger partial charge in [0.15, 0.2) is 11.6 Å². The molecule has 1 aliphatic heterocycles. The van der Waals surface area contributed by atoms with Gasteiger partial charge in [-0.25, -0.2) is 13.2 Å². The van der Waals surface area contributed by atoms with E-state index in [1.807, 2.05) is 0 Å². The monoisotopic (exact) mass is 203 g/mol. The predicted molar refractivity (Wildman–Crippen MR) is 42.8 cm³/mol. The lowest BCUT2D eigenvalue weighted by molar-refractivity contribution is 0.0876. The third-order valence-corrected chi connectivity index (χ3v) is 2.15. The Morgan fingerprint density at radius 2 is 1.86 bits per heavy atom. The van der Waals surface area contributed by atoms with E-state index in [4.69, 9.17) is 4.84 Å². The Morgan fingerprint density at radius 3 is 2.50 bits per heavy atom. The molecular formula is C9H8F3NO. The highest BCUT2D eigenvalue weighted by Crippen LogP contribution is 2.25. The largest absolute Gasteiger partial charge is 0.301 e. The Bertz CT molecular complexity index is 350. The summed E-state index contributed by atoms with van der Waals surface area (Å²) < 4.78 is 38.6. The zero-order valence-corrected chi connectivity index (χ0v) is 7.19. The van der Waals surface area contributed by atoms with Crippen molar-refractivity contribution in [1.29, 1.82) is 0 Å². The number of nitrogens with one attached hydrogen (secondary N) is 1. The minimum absolute atomic E-state index is 0.0985. The second-order valence-electron chi connectivity index (χ2n) is 3.10. The van der Waals surface area contributed by atoms with E-state index in [-0.39, 0.29) is 5.56 Å². The van der Waals surface area contributed by atoms with E-state index in [0.29, 0.717) is 19.1 Å². The first-order chi connectivity index (χ1) is 6.68. The first kappa shape index (κ1) is 9.48. The van der Waals surface area contributed by atoms with Crippen molar-refractivity contribution in [3.63, 3.8) is 0 Å². The molecule has 2 nitrogen and oxygen atoms in total. The summed E-state index contributed by atoms with van der Waals surface area (Å²) >= 11 is 0. The Balaban J connectivity index is 2.37. The van der Waals surface area contributed by atoms with Crippen molar-refractivity contribution in [3.05, 3.63) is 35.1 Å². The Labute approximate surface area is 78.6 Å². The maximum Gasteiger partial charge on any atom is 0.161 e. The molecule has 1 aromatic carbocycles. The number of halogens is 3. The van der Waals surface area contributed by atoms with Crippen LogP contribution in [0.15, 0.2) is 12.1 Å². The van der Waals surface area contributed by atoms with Crippen LogP contribution in [-0.4, -0.2) is 6.61 Å². The second kappa shape index (κ2) is 3.59. The van der Waals surface area contributed by atoms with Gasteiger partial charge < -0.3 is 4.84 Å². The van der Waals surface area contributed by atoms with E-state index in [2.05, 4.69) is 5.48 Å². The number of hydroxylamine groups is 1. The zero-order valence-electron chi connectivity index (χ0n) is 7.19. The molecule has 0 amide bonds. The first-order valence-corrected chi connectivity index (χ1v) is 4.20. The molecule has 1 unspecified atom stereocenters. The van der Waals surface area contributed by atoms with Gasteiger partial charge in [-0.3, -0.25) is 0 Å². The van der Waals surface area contributed by atoms with Gasteiger partial charge in [0.1, 0.15) is 5.82 Å². The summed E-state index contributed by atoms with van der Waals surface area (Å²) in [4.78, 5) is 4.80. The lowest BCUT2D eigenvalue weighted by atomic mass is 10.0. The Morgan fingerprint density at radius 1 is 1.14 bits per heavy atom. The molecular weight excluding hydrogens is 195 g/mol. The normalized spacial score (nSPS) is 21.5. The van der Waals surface area contributed by atoms with Crippen molar-refractivity contribution in [2.45, 2.75) is 12.5 Å². The van der Waals surface area contributed by atoms with Gasteiger partial charge in [-0.05, 0) is 12.5 Å². The molecule has 14 heavy (non-hydrogen) atoms. The number of rotatable bonds is 1. The van der Waals surface area contributed by atoms with Crippen LogP contribution in [0.25, 0.3) is 0 Å². The molecule has 1 saturated heterocycles. The van der Waals surface area contributed by atoms with E-state index in [1.165, 1.54) is 0 Å². The molecule has 0 radical (unpaired) electrons. The molecule has 1 heterocycles. The molecule has 1 N–H and O–H groups in total. The summed E-state index contributed by atoms with van der Waals surface area (Å²) in [6.45, 7) is 0.434. The van der Waals surface area contributed by atoms with Crippen LogP contribution in [0.2, 0.25) is 0 Å². The van der Waals surface area contributed by atoms with E-state index >= 15 is 0 Å². The van der Waals surface area contributed by atoms with Gasteiger partial charge in [-0.2, -0.15) is 5.48 Å². The summed E-state index contributed by atoms with van der Waals surface area (Å²) in [5.41, 5.74) is 2.63.